The fraction of sp³-hybridized carbons (Fsp3) is 0.500. The van der Waals surface area contributed by atoms with Crippen molar-refractivity contribution in [1.29, 1.82) is 0 Å². The van der Waals surface area contributed by atoms with Gasteiger partial charge in [-0.3, -0.25) is 0 Å². The van der Waals surface area contributed by atoms with Crippen molar-refractivity contribution in [2.24, 2.45) is 0 Å². The highest BCUT2D eigenvalue weighted by Gasteiger charge is 2.30. The Morgan fingerprint density at radius 1 is 1.11 bits per heavy atom. The molecule has 0 radical (unpaired) electrons. The fourth-order valence-electron chi connectivity index (χ4n) is 2.90. The summed E-state index contributed by atoms with van der Waals surface area (Å²) in [6.45, 7) is 1.88. The van der Waals surface area contributed by atoms with E-state index >= 15 is 0 Å². The van der Waals surface area contributed by atoms with Crippen LogP contribution in [0.1, 0.15) is 44.6 Å². The van der Waals surface area contributed by atoms with Gasteiger partial charge in [0.1, 0.15) is 5.60 Å². The molecule has 98 valence electrons. The van der Waals surface area contributed by atoms with Gasteiger partial charge in [-0.15, -0.1) is 0 Å². The predicted molar refractivity (Wildman–Crippen MR) is 75.2 cm³/mol. The van der Waals surface area contributed by atoms with Crippen molar-refractivity contribution in [3.8, 4) is 0 Å². The molecule has 1 atom stereocenters. The van der Waals surface area contributed by atoms with Crippen molar-refractivity contribution < 1.29 is 5.11 Å². The second kappa shape index (κ2) is 5.57. The Bertz CT molecular complexity index is 412. The van der Waals surface area contributed by atoms with Crippen molar-refractivity contribution in [2.75, 3.05) is 7.05 Å². The highest BCUT2D eigenvalue weighted by Crippen LogP contribution is 2.34. The molecule has 1 saturated carbocycles. The van der Waals surface area contributed by atoms with Crippen molar-refractivity contribution >= 4 is 0 Å². The summed E-state index contributed by atoms with van der Waals surface area (Å²) in [6.07, 6.45) is 6.02. The molecule has 0 bridgehead atoms. The first-order valence-corrected chi connectivity index (χ1v) is 6.84. The third-order valence-corrected chi connectivity index (χ3v) is 3.88. The molecule has 0 saturated heterocycles. The van der Waals surface area contributed by atoms with Gasteiger partial charge in [-0.25, -0.2) is 0 Å². The van der Waals surface area contributed by atoms with Crippen LogP contribution < -0.4 is 5.32 Å². The molecular weight excluding hydrogens is 222 g/mol. The number of aliphatic hydroxyl groups is 1. The summed E-state index contributed by atoms with van der Waals surface area (Å²) in [5.41, 5.74) is 2.42. The van der Waals surface area contributed by atoms with Gasteiger partial charge in [0.2, 0.25) is 0 Å². The average Bonchev–Trinajstić information content (AvgIpc) is 2.41. The van der Waals surface area contributed by atoms with Crippen molar-refractivity contribution in [3.05, 3.63) is 47.2 Å². The Hall–Kier alpha value is -1.28. The molecule has 2 nitrogen and oxygen atoms in total. The Balaban J connectivity index is 2.37. The highest BCUT2D eigenvalue weighted by atomic mass is 16.3. The normalized spacial score (nSPS) is 19.2. The van der Waals surface area contributed by atoms with Crippen LogP contribution in [0.2, 0.25) is 0 Å². The second-order valence-electron chi connectivity index (χ2n) is 5.23. The topological polar surface area (TPSA) is 32.3 Å². The predicted octanol–water partition coefficient (Wildman–Crippen LogP) is 3.33. The molecule has 2 N–H and O–H groups in total. The SMILES string of the molecule is CNC(=C1CCCCC1)[C@@](C)(O)c1ccccc1. The van der Waals surface area contributed by atoms with E-state index in [1.165, 1.54) is 24.8 Å². The zero-order chi connectivity index (χ0) is 13.0. The summed E-state index contributed by atoms with van der Waals surface area (Å²) in [7, 11) is 1.91. The lowest BCUT2D eigenvalue weighted by molar-refractivity contribution is 0.0885. The lowest BCUT2D eigenvalue weighted by Gasteiger charge is -2.31. The number of hydrogen-bond donors (Lipinski definition) is 2. The lowest BCUT2D eigenvalue weighted by Crippen LogP contribution is -2.33. The van der Waals surface area contributed by atoms with Crippen LogP contribution in [0.25, 0.3) is 0 Å². The molecule has 1 aromatic carbocycles. The molecule has 2 heteroatoms. The lowest BCUT2D eigenvalue weighted by atomic mass is 9.84. The largest absolute Gasteiger partial charge is 0.389 e. The van der Waals surface area contributed by atoms with Gasteiger partial charge in [-0.05, 0) is 43.7 Å². The summed E-state index contributed by atoms with van der Waals surface area (Å²) in [6, 6.07) is 9.90. The molecule has 1 aromatic rings. The van der Waals surface area contributed by atoms with Crippen molar-refractivity contribution in [1.82, 2.24) is 5.32 Å². The third kappa shape index (κ3) is 2.59. The third-order valence-electron chi connectivity index (χ3n) is 3.88. The molecular formula is C16H23NO. The molecule has 18 heavy (non-hydrogen) atoms. The maximum absolute atomic E-state index is 10.9. The average molecular weight is 245 g/mol. The van der Waals surface area contributed by atoms with E-state index in [9.17, 15) is 5.11 Å². The standard InChI is InChI=1S/C16H23NO/c1-16(18,14-11-7-4-8-12-14)15(17-2)13-9-5-3-6-10-13/h4,7-8,11-12,17-18H,3,5-6,9-10H2,1-2H3/t16-/m0/s1. The molecule has 0 spiro atoms. The highest BCUT2D eigenvalue weighted by molar-refractivity contribution is 5.34. The second-order valence-corrected chi connectivity index (χ2v) is 5.23. The van der Waals surface area contributed by atoms with Gasteiger partial charge in [0, 0.05) is 12.7 Å². The molecule has 0 heterocycles. The van der Waals surface area contributed by atoms with Crippen LogP contribution >= 0.6 is 0 Å². The summed E-state index contributed by atoms with van der Waals surface area (Å²) < 4.78 is 0. The van der Waals surface area contributed by atoms with Crippen LogP contribution in [0.15, 0.2) is 41.6 Å². The van der Waals surface area contributed by atoms with Gasteiger partial charge in [0.15, 0.2) is 0 Å². The van der Waals surface area contributed by atoms with Gasteiger partial charge in [-0.2, -0.15) is 0 Å². The first kappa shape index (κ1) is 13.2. The minimum Gasteiger partial charge on any atom is -0.389 e. The van der Waals surface area contributed by atoms with Gasteiger partial charge in [-0.1, -0.05) is 36.8 Å². The van der Waals surface area contributed by atoms with Crippen LogP contribution in [0.5, 0.6) is 0 Å². The quantitative estimate of drug-likeness (QED) is 0.856. The minimum absolute atomic E-state index is 0.914. The monoisotopic (exact) mass is 245 g/mol. The first-order valence-electron chi connectivity index (χ1n) is 6.84. The van der Waals surface area contributed by atoms with Gasteiger partial charge in [0.25, 0.3) is 0 Å². The number of rotatable bonds is 3. The Labute approximate surface area is 110 Å². The molecule has 1 aliphatic rings. The smallest absolute Gasteiger partial charge is 0.126 e. The van der Waals surface area contributed by atoms with Crippen LogP contribution in [0, 0.1) is 0 Å². The van der Waals surface area contributed by atoms with E-state index in [2.05, 4.69) is 5.32 Å². The Kier molecular flexibility index (Phi) is 4.07. The number of likely N-dealkylation sites (N-methyl/N-ethyl adjacent to an activating group) is 1. The minimum atomic E-state index is -0.914. The van der Waals surface area contributed by atoms with Crippen LogP contribution in [0.3, 0.4) is 0 Å². The summed E-state index contributed by atoms with van der Waals surface area (Å²) in [5, 5.41) is 14.1. The van der Waals surface area contributed by atoms with Gasteiger partial charge in [0.05, 0.1) is 0 Å². The molecule has 1 aliphatic carbocycles. The Morgan fingerprint density at radius 2 is 1.72 bits per heavy atom. The number of benzene rings is 1. The van der Waals surface area contributed by atoms with Gasteiger partial charge < -0.3 is 10.4 Å². The molecule has 1 fully saturated rings. The van der Waals surface area contributed by atoms with E-state index < -0.39 is 5.60 Å². The van der Waals surface area contributed by atoms with E-state index in [1.54, 1.807) is 0 Å². The van der Waals surface area contributed by atoms with E-state index in [1.807, 2.05) is 44.3 Å². The summed E-state index contributed by atoms with van der Waals surface area (Å²) >= 11 is 0. The molecule has 0 unspecified atom stereocenters. The van der Waals surface area contributed by atoms with Crippen molar-refractivity contribution in [2.45, 2.75) is 44.6 Å². The van der Waals surface area contributed by atoms with Gasteiger partial charge >= 0.3 is 0 Å². The van der Waals surface area contributed by atoms with E-state index in [0.29, 0.717) is 0 Å². The van der Waals surface area contributed by atoms with Crippen LogP contribution in [0.4, 0.5) is 0 Å². The van der Waals surface area contributed by atoms with E-state index in [0.717, 1.165) is 24.1 Å². The molecule has 0 aliphatic heterocycles. The van der Waals surface area contributed by atoms with Crippen LogP contribution in [-0.2, 0) is 5.60 Å². The number of nitrogens with one attached hydrogen (secondary N) is 1. The molecule has 0 amide bonds. The zero-order valence-electron chi connectivity index (χ0n) is 11.4. The van der Waals surface area contributed by atoms with Crippen LogP contribution in [-0.4, -0.2) is 12.2 Å². The first-order chi connectivity index (χ1) is 8.66. The van der Waals surface area contributed by atoms with E-state index in [-0.39, 0.29) is 0 Å². The van der Waals surface area contributed by atoms with Crippen molar-refractivity contribution in [3.63, 3.8) is 0 Å². The van der Waals surface area contributed by atoms with E-state index in [4.69, 9.17) is 0 Å². The maximum atomic E-state index is 10.9. The zero-order valence-corrected chi connectivity index (χ0v) is 11.4. The summed E-state index contributed by atoms with van der Waals surface area (Å²) in [5.74, 6) is 0. The summed E-state index contributed by atoms with van der Waals surface area (Å²) in [4.78, 5) is 0. The fourth-order valence-corrected chi connectivity index (χ4v) is 2.90. The Morgan fingerprint density at radius 3 is 2.28 bits per heavy atom. The maximum Gasteiger partial charge on any atom is 0.126 e. The number of allylic oxidation sites excluding steroid dienone is 1. The molecule has 2 rings (SSSR count). The molecule has 0 aromatic heterocycles. The number of hydrogen-bond acceptors (Lipinski definition) is 2.